The molecule has 122 valence electrons. The summed E-state index contributed by atoms with van der Waals surface area (Å²) in [6.45, 7) is 9.13. The molecule has 2 saturated heterocycles. The second-order valence-electron chi connectivity index (χ2n) is 6.76. The first-order valence-corrected chi connectivity index (χ1v) is 8.28. The van der Waals surface area contributed by atoms with Crippen LogP contribution in [0.2, 0.25) is 0 Å². The fourth-order valence-electron chi connectivity index (χ4n) is 3.48. The lowest BCUT2D eigenvalue weighted by atomic mass is 9.97. The van der Waals surface area contributed by atoms with Gasteiger partial charge in [-0.1, -0.05) is 0 Å². The van der Waals surface area contributed by atoms with Gasteiger partial charge in [0, 0.05) is 32.8 Å². The van der Waals surface area contributed by atoms with Gasteiger partial charge in [0.2, 0.25) is 5.91 Å². The lowest BCUT2D eigenvalue weighted by Crippen LogP contribution is -2.59. The van der Waals surface area contributed by atoms with Gasteiger partial charge in [-0.2, -0.15) is 0 Å². The maximum atomic E-state index is 12.9. The van der Waals surface area contributed by atoms with E-state index in [1.807, 2.05) is 18.7 Å². The Hall–Kier alpha value is -0.650. The van der Waals surface area contributed by atoms with Crippen molar-refractivity contribution in [2.45, 2.75) is 45.1 Å². The van der Waals surface area contributed by atoms with Crippen LogP contribution in [0.4, 0.5) is 0 Å². The fraction of sp³-hybridized carbons (Fsp3) is 0.938. The molecule has 21 heavy (non-hydrogen) atoms. The Morgan fingerprint density at radius 1 is 1.19 bits per heavy atom. The second-order valence-corrected chi connectivity index (χ2v) is 6.76. The quantitative estimate of drug-likeness (QED) is 0.845. The summed E-state index contributed by atoms with van der Waals surface area (Å²) in [5.74, 6) is 0.813. The predicted octanol–water partition coefficient (Wildman–Crippen LogP) is 1.11. The summed E-state index contributed by atoms with van der Waals surface area (Å²) < 4.78 is 5.39. The van der Waals surface area contributed by atoms with Crippen molar-refractivity contribution in [3.8, 4) is 0 Å². The van der Waals surface area contributed by atoms with Crippen molar-refractivity contribution in [1.29, 1.82) is 0 Å². The highest BCUT2D eigenvalue weighted by Crippen LogP contribution is 2.24. The van der Waals surface area contributed by atoms with Gasteiger partial charge < -0.3 is 14.7 Å². The topological polar surface area (TPSA) is 53.0 Å². The zero-order chi connectivity index (χ0) is 15.3. The monoisotopic (exact) mass is 298 g/mol. The van der Waals surface area contributed by atoms with E-state index in [9.17, 15) is 4.79 Å². The molecule has 5 nitrogen and oxygen atoms in total. The highest BCUT2D eigenvalue weighted by molar-refractivity contribution is 5.85. The van der Waals surface area contributed by atoms with Gasteiger partial charge in [-0.25, -0.2) is 0 Å². The van der Waals surface area contributed by atoms with Gasteiger partial charge in [-0.05, 0) is 45.4 Å². The van der Waals surface area contributed by atoms with E-state index in [1.165, 1.54) is 0 Å². The Morgan fingerprint density at radius 2 is 1.90 bits per heavy atom. The molecule has 2 rings (SSSR count). The Balaban J connectivity index is 1.94. The molecule has 0 aromatic heterocycles. The number of aliphatic hydroxyl groups excluding tert-OH is 1. The highest BCUT2D eigenvalue weighted by atomic mass is 16.5. The number of aliphatic hydroxyl groups is 1. The van der Waals surface area contributed by atoms with E-state index >= 15 is 0 Å². The number of ether oxygens (including phenoxy) is 1. The summed E-state index contributed by atoms with van der Waals surface area (Å²) in [5.41, 5.74) is -0.444. The SMILES string of the molecule is CC(C)(C(=O)N1CCCC(CCO)CC1)N1CCOCC1. The molecule has 1 amide bonds. The van der Waals surface area contributed by atoms with Gasteiger partial charge in [-0.3, -0.25) is 9.69 Å². The zero-order valence-corrected chi connectivity index (χ0v) is 13.5. The van der Waals surface area contributed by atoms with Gasteiger partial charge >= 0.3 is 0 Å². The normalized spacial score (nSPS) is 25.7. The summed E-state index contributed by atoms with van der Waals surface area (Å²) in [6, 6.07) is 0. The smallest absolute Gasteiger partial charge is 0.242 e. The van der Waals surface area contributed by atoms with Crippen LogP contribution < -0.4 is 0 Å². The first kappa shape index (κ1) is 16.7. The van der Waals surface area contributed by atoms with E-state index in [2.05, 4.69) is 4.90 Å². The molecular formula is C16H30N2O3. The van der Waals surface area contributed by atoms with Crippen molar-refractivity contribution in [2.24, 2.45) is 5.92 Å². The van der Waals surface area contributed by atoms with E-state index in [-0.39, 0.29) is 12.5 Å². The van der Waals surface area contributed by atoms with Crippen LogP contribution >= 0.6 is 0 Å². The first-order valence-electron chi connectivity index (χ1n) is 8.28. The minimum Gasteiger partial charge on any atom is -0.396 e. The molecule has 0 saturated carbocycles. The Morgan fingerprint density at radius 3 is 2.57 bits per heavy atom. The fourth-order valence-corrected chi connectivity index (χ4v) is 3.48. The van der Waals surface area contributed by atoms with Crippen LogP contribution in [-0.4, -0.2) is 72.4 Å². The van der Waals surface area contributed by atoms with Crippen molar-refractivity contribution in [3.05, 3.63) is 0 Å². The summed E-state index contributed by atoms with van der Waals surface area (Å²) in [7, 11) is 0. The lowest BCUT2D eigenvalue weighted by molar-refractivity contribution is -0.145. The van der Waals surface area contributed by atoms with Crippen molar-refractivity contribution >= 4 is 5.91 Å². The van der Waals surface area contributed by atoms with E-state index < -0.39 is 5.54 Å². The van der Waals surface area contributed by atoms with Crippen LogP contribution in [0.5, 0.6) is 0 Å². The minimum absolute atomic E-state index is 0.244. The maximum Gasteiger partial charge on any atom is 0.242 e. The van der Waals surface area contributed by atoms with E-state index in [4.69, 9.17) is 9.84 Å². The Kier molecular flexibility index (Phi) is 6.02. The van der Waals surface area contributed by atoms with Gasteiger partial charge in [0.15, 0.2) is 0 Å². The number of rotatable bonds is 4. The summed E-state index contributed by atoms with van der Waals surface area (Å²) in [5, 5.41) is 9.09. The average Bonchev–Trinajstić information content (AvgIpc) is 2.73. The van der Waals surface area contributed by atoms with E-state index in [0.717, 1.165) is 65.1 Å². The number of carbonyl (C=O) groups is 1. The molecule has 2 fully saturated rings. The molecule has 2 heterocycles. The van der Waals surface area contributed by atoms with Gasteiger partial charge in [0.05, 0.1) is 18.8 Å². The number of hydrogen-bond donors (Lipinski definition) is 1. The molecule has 2 aliphatic heterocycles. The molecule has 0 radical (unpaired) electrons. The molecule has 1 N–H and O–H groups in total. The third-order valence-electron chi connectivity index (χ3n) is 5.00. The highest BCUT2D eigenvalue weighted by Gasteiger charge is 2.38. The van der Waals surface area contributed by atoms with Crippen LogP contribution in [-0.2, 0) is 9.53 Å². The van der Waals surface area contributed by atoms with Crippen LogP contribution in [0.25, 0.3) is 0 Å². The van der Waals surface area contributed by atoms with Gasteiger partial charge in [-0.15, -0.1) is 0 Å². The van der Waals surface area contributed by atoms with Gasteiger partial charge in [0.25, 0.3) is 0 Å². The number of carbonyl (C=O) groups excluding carboxylic acids is 1. The molecular weight excluding hydrogens is 268 g/mol. The van der Waals surface area contributed by atoms with Crippen LogP contribution in [0.15, 0.2) is 0 Å². The Bertz CT molecular complexity index is 340. The molecule has 2 aliphatic rings. The summed E-state index contributed by atoms with van der Waals surface area (Å²) in [6.07, 6.45) is 4.07. The van der Waals surface area contributed by atoms with Crippen molar-refractivity contribution in [3.63, 3.8) is 0 Å². The van der Waals surface area contributed by atoms with Crippen LogP contribution in [0.1, 0.15) is 39.5 Å². The number of hydrogen-bond acceptors (Lipinski definition) is 4. The van der Waals surface area contributed by atoms with Crippen molar-refractivity contribution < 1.29 is 14.6 Å². The first-order chi connectivity index (χ1) is 10.1. The molecule has 0 bridgehead atoms. The average molecular weight is 298 g/mol. The Labute approximate surface area is 128 Å². The number of morpholine rings is 1. The minimum atomic E-state index is -0.444. The van der Waals surface area contributed by atoms with Crippen molar-refractivity contribution in [2.75, 3.05) is 46.0 Å². The van der Waals surface area contributed by atoms with Crippen LogP contribution in [0, 0.1) is 5.92 Å². The molecule has 0 aromatic carbocycles. The molecule has 1 atom stereocenters. The largest absolute Gasteiger partial charge is 0.396 e. The summed E-state index contributed by atoms with van der Waals surface area (Å²) >= 11 is 0. The molecule has 0 spiro atoms. The van der Waals surface area contributed by atoms with Gasteiger partial charge in [0.1, 0.15) is 0 Å². The predicted molar refractivity (Wildman–Crippen MR) is 82.1 cm³/mol. The third kappa shape index (κ3) is 4.18. The van der Waals surface area contributed by atoms with Crippen molar-refractivity contribution in [1.82, 2.24) is 9.80 Å². The molecule has 0 aromatic rings. The zero-order valence-electron chi connectivity index (χ0n) is 13.5. The van der Waals surface area contributed by atoms with E-state index in [1.54, 1.807) is 0 Å². The number of likely N-dealkylation sites (tertiary alicyclic amines) is 1. The second kappa shape index (κ2) is 7.56. The van der Waals surface area contributed by atoms with Crippen LogP contribution in [0.3, 0.4) is 0 Å². The summed E-state index contributed by atoms with van der Waals surface area (Å²) in [4.78, 5) is 17.2. The van der Waals surface area contributed by atoms with E-state index in [0.29, 0.717) is 5.92 Å². The third-order valence-corrected chi connectivity index (χ3v) is 5.00. The number of amides is 1. The maximum absolute atomic E-state index is 12.9. The molecule has 0 aliphatic carbocycles. The lowest BCUT2D eigenvalue weighted by Gasteiger charge is -2.42. The molecule has 5 heteroatoms. The number of nitrogens with zero attached hydrogens (tertiary/aromatic N) is 2. The molecule has 1 unspecified atom stereocenters. The standard InChI is InChI=1S/C16H30N2O3/c1-16(2,18-9-12-21-13-10-18)15(20)17-7-3-4-14(5-8-17)6-11-19/h14,19H,3-13H2,1-2H3.